The Labute approximate surface area is 183 Å². The fourth-order valence-corrected chi connectivity index (χ4v) is 4.13. The average molecular weight is 444 g/mol. The molecule has 1 aliphatic rings. The fraction of sp³-hybridized carbons (Fsp3) is 0.304. The quantitative estimate of drug-likeness (QED) is 0.578. The molecule has 1 aromatic heterocycles. The van der Waals surface area contributed by atoms with Crippen LogP contribution in [0.15, 0.2) is 39.5 Å². The number of carbonyl (C=O) groups is 1. The summed E-state index contributed by atoms with van der Waals surface area (Å²) in [5, 5.41) is 10.8. The maximum absolute atomic E-state index is 13.5. The van der Waals surface area contributed by atoms with Gasteiger partial charge >= 0.3 is 0 Å². The lowest BCUT2D eigenvalue weighted by Crippen LogP contribution is -2.31. The molecule has 3 aromatic rings. The number of carbonyl (C=O) groups excluding carboxylic acids is 1. The number of ether oxygens (including phenoxy) is 2. The molecule has 0 spiro atoms. The van der Waals surface area contributed by atoms with Gasteiger partial charge < -0.3 is 23.9 Å². The van der Waals surface area contributed by atoms with Crippen LogP contribution in [0.3, 0.4) is 0 Å². The molecular weight excluding hydrogens is 422 g/mol. The van der Waals surface area contributed by atoms with Crippen LogP contribution in [0.5, 0.6) is 11.5 Å². The minimum absolute atomic E-state index is 0.0219. The minimum atomic E-state index is -0.686. The minimum Gasteiger partial charge on any atom is -0.504 e. The molecule has 0 saturated heterocycles. The second-order valence-corrected chi connectivity index (χ2v) is 7.86. The Morgan fingerprint density at radius 2 is 1.97 bits per heavy atom. The van der Waals surface area contributed by atoms with Crippen molar-refractivity contribution in [2.24, 2.45) is 0 Å². The molecule has 7 nitrogen and oxygen atoms in total. The highest BCUT2D eigenvalue weighted by molar-refractivity contribution is 6.32. The van der Waals surface area contributed by atoms with Gasteiger partial charge in [0.25, 0.3) is 5.91 Å². The van der Waals surface area contributed by atoms with Gasteiger partial charge in [-0.1, -0.05) is 17.7 Å². The zero-order valence-electron chi connectivity index (χ0n) is 17.4. The number of rotatable bonds is 6. The summed E-state index contributed by atoms with van der Waals surface area (Å²) in [4.78, 5) is 28.4. The summed E-state index contributed by atoms with van der Waals surface area (Å²) in [6.45, 7) is 2.63. The van der Waals surface area contributed by atoms with Crippen LogP contribution in [0.4, 0.5) is 0 Å². The Morgan fingerprint density at radius 3 is 2.68 bits per heavy atom. The number of phenols is 1. The number of fused-ring (bicyclic) bond motifs is 2. The highest BCUT2D eigenvalue weighted by Crippen LogP contribution is 2.41. The molecule has 2 aromatic carbocycles. The molecule has 8 heteroatoms. The predicted molar refractivity (Wildman–Crippen MR) is 116 cm³/mol. The van der Waals surface area contributed by atoms with E-state index < -0.39 is 6.04 Å². The van der Waals surface area contributed by atoms with Gasteiger partial charge in [0.2, 0.25) is 5.76 Å². The predicted octanol–water partition coefficient (Wildman–Crippen LogP) is 4.05. The standard InChI is InChI=1S/C23H22ClNO6/c1-12-9-17-14(11-15(12)24)21(27)19-20(13-5-6-16(26)18(10-13)30-3)25(7-4-8-29-2)23(28)22(19)31-17/h5-6,9-11,20,26H,4,7-8H2,1-3H3/t20-/m1/s1. The Bertz CT molecular complexity index is 1230. The number of methoxy groups -OCH3 is 2. The molecule has 0 saturated carbocycles. The van der Waals surface area contributed by atoms with Gasteiger partial charge in [0.15, 0.2) is 16.9 Å². The zero-order chi connectivity index (χ0) is 22.3. The molecule has 0 radical (unpaired) electrons. The van der Waals surface area contributed by atoms with E-state index in [-0.39, 0.29) is 34.2 Å². The lowest BCUT2D eigenvalue weighted by atomic mass is 9.97. The summed E-state index contributed by atoms with van der Waals surface area (Å²) in [6.07, 6.45) is 0.584. The lowest BCUT2D eigenvalue weighted by Gasteiger charge is -2.25. The highest BCUT2D eigenvalue weighted by atomic mass is 35.5. The highest BCUT2D eigenvalue weighted by Gasteiger charge is 2.42. The lowest BCUT2D eigenvalue weighted by molar-refractivity contribution is 0.0707. The van der Waals surface area contributed by atoms with Crippen LogP contribution in [0.2, 0.25) is 5.02 Å². The van der Waals surface area contributed by atoms with Crippen molar-refractivity contribution in [1.29, 1.82) is 0 Å². The Balaban J connectivity index is 1.95. The van der Waals surface area contributed by atoms with Crippen LogP contribution >= 0.6 is 11.6 Å². The first-order valence-electron chi connectivity index (χ1n) is 9.81. The van der Waals surface area contributed by atoms with Gasteiger partial charge in [-0.3, -0.25) is 9.59 Å². The van der Waals surface area contributed by atoms with E-state index in [2.05, 4.69) is 0 Å². The van der Waals surface area contributed by atoms with Crippen molar-refractivity contribution < 1.29 is 23.8 Å². The number of halogens is 1. The van der Waals surface area contributed by atoms with Crippen LogP contribution < -0.4 is 10.2 Å². The van der Waals surface area contributed by atoms with Gasteiger partial charge in [0.1, 0.15) is 5.58 Å². The van der Waals surface area contributed by atoms with Crippen LogP contribution in [0, 0.1) is 6.92 Å². The van der Waals surface area contributed by atoms with E-state index in [1.807, 2.05) is 0 Å². The third-order valence-electron chi connectivity index (χ3n) is 5.51. The molecule has 1 aliphatic heterocycles. The number of hydrogen-bond acceptors (Lipinski definition) is 6. The number of hydrogen-bond donors (Lipinski definition) is 1. The second kappa shape index (κ2) is 8.24. The number of amides is 1. The third-order valence-corrected chi connectivity index (χ3v) is 5.92. The van der Waals surface area contributed by atoms with E-state index in [4.69, 9.17) is 25.5 Å². The van der Waals surface area contributed by atoms with Crippen LogP contribution in [-0.2, 0) is 4.74 Å². The first-order chi connectivity index (χ1) is 14.9. The largest absolute Gasteiger partial charge is 0.504 e. The summed E-state index contributed by atoms with van der Waals surface area (Å²) in [5.41, 5.74) is 1.64. The van der Waals surface area contributed by atoms with Crippen molar-refractivity contribution in [2.45, 2.75) is 19.4 Å². The zero-order valence-corrected chi connectivity index (χ0v) is 18.2. The molecule has 4 rings (SSSR count). The SMILES string of the molecule is COCCCN1C(=O)c2oc3cc(C)c(Cl)cc3c(=O)c2[C@H]1c1ccc(O)c(OC)c1. The molecule has 2 heterocycles. The van der Waals surface area contributed by atoms with Gasteiger partial charge in [-0.15, -0.1) is 0 Å². The maximum atomic E-state index is 13.5. The molecule has 0 fully saturated rings. The molecule has 0 bridgehead atoms. The number of phenolic OH excluding ortho intramolecular Hbond substituents is 1. The van der Waals surface area contributed by atoms with Crippen molar-refractivity contribution in [3.63, 3.8) is 0 Å². The monoisotopic (exact) mass is 443 g/mol. The molecule has 31 heavy (non-hydrogen) atoms. The van der Waals surface area contributed by atoms with Gasteiger partial charge in [-0.05, 0) is 48.7 Å². The van der Waals surface area contributed by atoms with Crippen molar-refractivity contribution in [3.05, 3.63) is 68.0 Å². The number of nitrogens with zero attached hydrogens (tertiary/aromatic N) is 1. The Morgan fingerprint density at radius 1 is 1.19 bits per heavy atom. The number of benzene rings is 2. The number of aryl methyl sites for hydroxylation is 1. The van der Waals surface area contributed by atoms with Crippen LogP contribution in [-0.4, -0.2) is 43.3 Å². The molecule has 1 amide bonds. The van der Waals surface area contributed by atoms with Crippen LogP contribution in [0.1, 0.15) is 39.7 Å². The fourth-order valence-electron chi connectivity index (χ4n) is 3.96. The summed E-state index contributed by atoms with van der Waals surface area (Å²) in [6, 6.07) is 7.32. The van der Waals surface area contributed by atoms with E-state index in [1.54, 1.807) is 43.2 Å². The summed E-state index contributed by atoms with van der Waals surface area (Å²) in [5.74, 6) is -0.128. The topological polar surface area (TPSA) is 89.2 Å². The average Bonchev–Trinajstić information content (AvgIpc) is 3.02. The van der Waals surface area contributed by atoms with E-state index in [0.29, 0.717) is 41.1 Å². The number of aromatic hydroxyl groups is 1. The molecule has 162 valence electrons. The Kier molecular flexibility index (Phi) is 5.64. The molecular formula is C23H22ClNO6. The first-order valence-corrected chi connectivity index (χ1v) is 10.2. The van der Waals surface area contributed by atoms with Crippen LogP contribution in [0.25, 0.3) is 11.0 Å². The van der Waals surface area contributed by atoms with Gasteiger partial charge in [-0.2, -0.15) is 0 Å². The Hall–Kier alpha value is -3.03. The maximum Gasteiger partial charge on any atom is 0.290 e. The first kappa shape index (κ1) is 21.2. The van der Waals surface area contributed by atoms with E-state index in [9.17, 15) is 14.7 Å². The molecule has 1 atom stereocenters. The van der Waals surface area contributed by atoms with Gasteiger partial charge in [0, 0.05) is 25.3 Å². The third kappa shape index (κ3) is 3.54. The van der Waals surface area contributed by atoms with Crippen molar-refractivity contribution in [1.82, 2.24) is 4.90 Å². The van der Waals surface area contributed by atoms with Gasteiger partial charge in [-0.25, -0.2) is 0 Å². The smallest absolute Gasteiger partial charge is 0.290 e. The van der Waals surface area contributed by atoms with E-state index >= 15 is 0 Å². The van der Waals surface area contributed by atoms with Crippen molar-refractivity contribution in [3.8, 4) is 11.5 Å². The molecule has 0 unspecified atom stereocenters. The molecule has 0 aliphatic carbocycles. The summed E-state index contributed by atoms with van der Waals surface area (Å²) >= 11 is 6.25. The van der Waals surface area contributed by atoms with Gasteiger partial charge in [0.05, 0.1) is 24.1 Å². The van der Waals surface area contributed by atoms with E-state index in [1.165, 1.54) is 13.2 Å². The summed E-state index contributed by atoms with van der Waals surface area (Å²) < 4.78 is 16.3. The van der Waals surface area contributed by atoms with E-state index in [0.717, 1.165) is 5.56 Å². The normalized spacial score (nSPS) is 15.5. The summed E-state index contributed by atoms with van der Waals surface area (Å²) in [7, 11) is 3.03. The van der Waals surface area contributed by atoms with Crippen molar-refractivity contribution in [2.75, 3.05) is 27.4 Å². The molecule has 1 N–H and O–H groups in total. The second-order valence-electron chi connectivity index (χ2n) is 7.45. The van der Waals surface area contributed by atoms with Crippen molar-refractivity contribution >= 4 is 28.5 Å².